The molecule has 3 nitrogen and oxygen atoms in total. The maximum atomic E-state index is 14.2. The van der Waals surface area contributed by atoms with E-state index in [1.54, 1.807) is 0 Å². The lowest BCUT2D eigenvalue weighted by molar-refractivity contribution is 0.459. The molecule has 1 aromatic carbocycles. The Morgan fingerprint density at radius 3 is 2.67 bits per heavy atom. The van der Waals surface area contributed by atoms with Crippen LogP contribution in [-0.4, -0.2) is 19.8 Å². The van der Waals surface area contributed by atoms with Crippen LogP contribution in [0.5, 0.6) is 0 Å². The van der Waals surface area contributed by atoms with Crippen molar-refractivity contribution < 1.29 is 12.8 Å². The fraction of sp³-hybridized carbons (Fsp3) is 0.231. The highest BCUT2D eigenvalue weighted by molar-refractivity contribution is 7.89. The molecule has 0 aliphatic heterocycles. The van der Waals surface area contributed by atoms with Crippen LogP contribution < -0.4 is 0 Å². The lowest BCUT2D eigenvalue weighted by Crippen LogP contribution is -2.27. The van der Waals surface area contributed by atoms with E-state index in [2.05, 4.69) is 0 Å². The molecule has 0 atom stereocenters. The molecule has 0 fully saturated rings. The number of benzene rings is 1. The molecule has 114 valence electrons. The first kappa shape index (κ1) is 16.7. The number of hydrogen-bond donors (Lipinski definition) is 0. The summed E-state index contributed by atoms with van der Waals surface area (Å²) in [5.41, 5.74) is 0.901. The van der Waals surface area contributed by atoms with Crippen LogP contribution in [0.3, 0.4) is 0 Å². The van der Waals surface area contributed by atoms with Gasteiger partial charge in [0.1, 0.15) is 10.7 Å². The second kappa shape index (κ2) is 6.62. The predicted molar refractivity (Wildman–Crippen MR) is 83.9 cm³/mol. The number of hydrogen-bond acceptors (Lipinski definition) is 3. The summed E-state index contributed by atoms with van der Waals surface area (Å²) in [7, 11) is -2.58. The average molecular weight is 368 g/mol. The Kier molecular flexibility index (Phi) is 5.27. The van der Waals surface area contributed by atoms with Gasteiger partial charge in [-0.1, -0.05) is 11.6 Å². The van der Waals surface area contributed by atoms with Gasteiger partial charge in [0.25, 0.3) is 0 Å². The fourth-order valence-electron chi connectivity index (χ4n) is 1.80. The summed E-state index contributed by atoms with van der Waals surface area (Å²) in [6, 6.07) is 4.24. The van der Waals surface area contributed by atoms with E-state index in [1.165, 1.54) is 24.5 Å². The van der Waals surface area contributed by atoms with Crippen molar-refractivity contribution in [3.8, 4) is 0 Å². The molecule has 2 aromatic rings. The van der Waals surface area contributed by atoms with Crippen molar-refractivity contribution >= 4 is 44.6 Å². The number of nitrogens with zero attached hydrogens (tertiary/aromatic N) is 1. The van der Waals surface area contributed by atoms with Gasteiger partial charge in [-0.25, -0.2) is 12.8 Å². The van der Waals surface area contributed by atoms with Gasteiger partial charge < -0.3 is 0 Å². The molecule has 1 aromatic heterocycles. The first-order chi connectivity index (χ1) is 9.86. The quantitative estimate of drug-likeness (QED) is 0.746. The fourth-order valence-corrected chi connectivity index (χ4v) is 4.24. The van der Waals surface area contributed by atoms with Crippen LogP contribution in [0.4, 0.5) is 4.39 Å². The zero-order valence-corrected chi connectivity index (χ0v) is 14.2. The van der Waals surface area contributed by atoms with Crippen LogP contribution in [0.2, 0.25) is 5.02 Å². The Hall–Kier alpha value is -0.660. The molecule has 0 spiro atoms. The maximum Gasteiger partial charge on any atom is 0.246 e. The lowest BCUT2D eigenvalue weighted by atomic mass is 10.2. The van der Waals surface area contributed by atoms with Gasteiger partial charge in [-0.05, 0) is 34.5 Å². The van der Waals surface area contributed by atoms with Crippen molar-refractivity contribution in [3.63, 3.8) is 0 Å². The molecular formula is C13H12Cl2FNO2S2. The van der Waals surface area contributed by atoms with E-state index < -0.39 is 20.7 Å². The first-order valence-electron chi connectivity index (χ1n) is 5.87. The van der Waals surface area contributed by atoms with Crippen LogP contribution in [-0.2, 0) is 22.4 Å². The van der Waals surface area contributed by atoms with Gasteiger partial charge in [-0.3, -0.25) is 0 Å². The van der Waals surface area contributed by atoms with Gasteiger partial charge in [-0.2, -0.15) is 15.6 Å². The smallest absolute Gasteiger partial charge is 0.207 e. The SMILES string of the molecule is CN(Cc1ccsc1)S(=O)(=O)c1cc(Cl)cc(CCl)c1F. The van der Waals surface area contributed by atoms with Gasteiger partial charge in [0.15, 0.2) is 0 Å². The summed E-state index contributed by atoms with van der Waals surface area (Å²) in [6.07, 6.45) is 0. The zero-order valence-electron chi connectivity index (χ0n) is 11.0. The molecule has 2 rings (SSSR count). The third-order valence-electron chi connectivity index (χ3n) is 2.90. The number of rotatable bonds is 5. The minimum atomic E-state index is -3.98. The molecule has 0 amide bonds. The molecule has 0 bridgehead atoms. The molecule has 0 unspecified atom stereocenters. The maximum absolute atomic E-state index is 14.2. The Bertz CT molecular complexity index is 733. The summed E-state index contributed by atoms with van der Waals surface area (Å²) in [5.74, 6) is -1.00. The number of sulfonamides is 1. The van der Waals surface area contributed by atoms with E-state index in [4.69, 9.17) is 23.2 Å². The Labute approximate surface area is 137 Å². The Morgan fingerprint density at radius 2 is 2.10 bits per heavy atom. The number of alkyl halides is 1. The lowest BCUT2D eigenvalue weighted by Gasteiger charge is -2.18. The summed E-state index contributed by atoms with van der Waals surface area (Å²) < 4.78 is 40.3. The van der Waals surface area contributed by atoms with Crippen molar-refractivity contribution in [3.05, 3.63) is 50.9 Å². The summed E-state index contributed by atoms with van der Waals surface area (Å²) in [4.78, 5) is -0.455. The van der Waals surface area contributed by atoms with Gasteiger partial charge in [-0.15, -0.1) is 11.6 Å². The van der Waals surface area contributed by atoms with Gasteiger partial charge in [0.2, 0.25) is 10.0 Å². The van der Waals surface area contributed by atoms with Crippen LogP contribution in [0, 0.1) is 5.82 Å². The second-order valence-corrected chi connectivity index (χ2v) is 7.90. The zero-order chi connectivity index (χ0) is 15.6. The normalized spacial score (nSPS) is 12.0. The third kappa shape index (κ3) is 3.57. The van der Waals surface area contributed by atoms with Gasteiger partial charge in [0.05, 0.1) is 5.88 Å². The van der Waals surface area contributed by atoms with Crippen molar-refractivity contribution in [2.45, 2.75) is 17.3 Å². The Balaban J connectivity index is 2.41. The van der Waals surface area contributed by atoms with Crippen LogP contribution >= 0.6 is 34.5 Å². The minimum Gasteiger partial charge on any atom is -0.207 e. The van der Waals surface area contributed by atoms with Gasteiger partial charge >= 0.3 is 0 Å². The van der Waals surface area contributed by atoms with Crippen LogP contribution in [0.1, 0.15) is 11.1 Å². The molecule has 21 heavy (non-hydrogen) atoms. The molecular weight excluding hydrogens is 356 g/mol. The molecule has 0 aliphatic carbocycles. The summed E-state index contributed by atoms with van der Waals surface area (Å²) in [6.45, 7) is 0.161. The van der Waals surface area contributed by atoms with Crippen molar-refractivity contribution in [1.82, 2.24) is 4.31 Å². The van der Waals surface area contributed by atoms with Crippen LogP contribution in [0.15, 0.2) is 33.9 Å². The topological polar surface area (TPSA) is 37.4 Å². The van der Waals surface area contributed by atoms with Crippen molar-refractivity contribution in [1.29, 1.82) is 0 Å². The molecule has 0 saturated carbocycles. The summed E-state index contributed by atoms with van der Waals surface area (Å²) >= 11 is 12.9. The molecule has 0 radical (unpaired) electrons. The largest absolute Gasteiger partial charge is 0.246 e. The van der Waals surface area contributed by atoms with E-state index >= 15 is 0 Å². The van der Waals surface area contributed by atoms with E-state index in [0.29, 0.717) is 0 Å². The first-order valence-corrected chi connectivity index (χ1v) is 9.17. The molecule has 0 aliphatic rings. The molecule has 8 heteroatoms. The van der Waals surface area contributed by atoms with E-state index in [1.807, 2.05) is 16.8 Å². The van der Waals surface area contributed by atoms with Gasteiger partial charge in [0, 0.05) is 24.2 Å². The average Bonchev–Trinajstić information content (AvgIpc) is 2.93. The third-order valence-corrected chi connectivity index (χ3v) is 5.94. The highest BCUT2D eigenvalue weighted by Gasteiger charge is 2.26. The molecule has 0 saturated heterocycles. The number of halogens is 3. The summed E-state index contributed by atoms with van der Waals surface area (Å²) in [5, 5.41) is 3.82. The van der Waals surface area contributed by atoms with E-state index in [-0.39, 0.29) is 23.0 Å². The van der Waals surface area contributed by atoms with Crippen molar-refractivity contribution in [2.24, 2.45) is 0 Å². The number of thiophene rings is 1. The molecule has 0 N–H and O–H groups in total. The minimum absolute atomic E-state index is 0.0617. The Morgan fingerprint density at radius 1 is 1.38 bits per heavy atom. The highest BCUT2D eigenvalue weighted by Crippen LogP contribution is 2.27. The highest BCUT2D eigenvalue weighted by atomic mass is 35.5. The second-order valence-electron chi connectivity index (χ2n) is 4.40. The van der Waals surface area contributed by atoms with Crippen LogP contribution in [0.25, 0.3) is 0 Å². The van der Waals surface area contributed by atoms with E-state index in [9.17, 15) is 12.8 Å². The van der Waals surface area contributed by atoms with Crippen molar-refractivity contribution in [2.75, 3.05) is 7.05 Å². The monoisotopic (exact) mass is 367 g/mol. The standard InChI is InChI=1S/C13H12Cl2FNO2S2/c1-17(7-9-2-3-20-8-9)21(18,19)12-5-11(15)4-10(6-14)13(12)16/h2-5,8H,6-7H2,1H3. The predicted octanol–water partition coefficient (Wildman–Crippen LogP) is 4.10. The molecule has 1 heterocycles. The van der Waals surface area contributed by atoms with E-state index in [0.717, 1.165) is 15.9 Å².